The molecule has 0 fully saturated rings. The molecule has 0 aliphatic carbocycles. The largest absolute Gasteiger partial charge is 0.492 e. The van der Waals surface area contributed by atoms with Gasteiger partial charge >= 0.3 is 0 Å². The molecule has 5 nitrogen and oxygen atoms in total. The van der Waals surface area contributed by atoms with Gasteiger partial charge in [-0.2, -0.15) is 5.26 Å². The first-order valence-corrected chi connectivity index (χ1v) is 7.33. The second-order valence-electron chi connectivity index (χ2n) is 5.14. The molecule has 0 N–H and O–H groups in total. The van der Waals surface area contributed by atoms with E-state index in [1.54, 1.807) is 27.4 Å². The summed E-state index contributed by atoms with van der Waals surface area (Å²) in [6, 6.07) is 11.7. The lowest BCUT2D eigenvalue weighted by atomic mass is 9.95. The maximum Gasteiger partial charge on any atom is 0.207 e. The lowest BCUT2D eigenvalue weighted by Gasteiger charge is -2.20. The van der Waals surface area contributed by atoms with Gasteiger partial charge in [0, 0.05) is 16.2 Å². The fraction of sp³-hybridized carbons (Fsp3) is 0.211. The van der Waals surface area contributed by atoms with Crippen molar-refractivity contribution in [2.45, 2.75) is 0 Å². The number of ether oxygens (including phenoxy) is 4. The van der Waals surface area contributed by atoms with Gasteiger partial charge in [-0.15, -0.1) is 0 Å². The van der Waals surface area contributed by atoms with Crippen molar-refractivity contribution in [2.75, 3.05) is 28.4 Å². The molecule has 3 rings (SSSR count). The van der Waals surface area contributed by atoms with Gasteiger partial charge in [0.25, 0.3) is 0 Å². The first-order valence-electron chi connectivity index (χ1n) is 7.33. The molecule has 0 aliphatic heterocycles. The minimum Gasteiger partial charge on any atom is -0.492 e. The average molecular weight is 323 g/mol. The summed E-state index contributed by atoms with van der Waals surface area (Å²) >= 11 is 0. The zero-order chi connectivity index (χ0) is 17.3. The van der Waals surface area contributed by atoms with Crippen molar-refractivity contribution in [3.8, 4) is 29.1 Å². The summed E-state index contributed by atoms with van der Waals surface area (Å²) in [5.41, 5.74) is 0.561. The van der Waals surface area contributed by atoms with Crippen molar-refractivity contribution < 1.29 is 18.9 Å². The predicted molar refractivity (Wildman–Crippen MR) is 92.4 cm³/mol. The van der Waals surface area contributed by atoms with Gasteiger partial charge in [-0.3, -0.25) is 0 Å². The molecule has 3 aromatic rings. The van der Waals surface area contributed by atoms with E-state index >= 15 is 0 Å². The second-order valence-corrected chi connectivity index (χ2v) is 5.14. The molecule has 0 radical (unpaired) electrons. The molecule has 0 bridgehead atoms. The molecule has 122 valence electrons. The van der Waals surface area contributed by atoms with Crippen LogP contribution in [0.5, 0.6) is 23.0 Å². The number of hydrogen-bond acceptors (Lipinski definition) is 5. The Balaban J connectivity index is 2.68. The fourth-order valence-electron chi connectivity index (χ4n) is 3.10. The minimum atomic E-state index is 0.434. The van der Waals surface area contributed by atoms with E-state index in [1.165, 1.54) is 7.11 Å². The Kier molecular flexibility index (Phi) is 4.05. The smallest absolute Gasteiger partial charge is 0.207 e. The third-order valence-corrected chi connectivity index (χ3v) is 4.07. The van der Waals surface area contributed by atoms with E-state index in [0.29, 0.717) is 28.6 Å². The number of fused-ring (bicyclic) bond motifs is 3. The van der Waals surface area contributed by atoms with Crippen LogP contribution in [0.15, 0.2) is 30.3 Å². The SMILES string of the molecule is COc1c(OC)c(OC)c2c(cc(C#N)c3ccccc32)c1OC. The van der Waals surface area contributed by atoms with Crippen molar-refractivity contribution in [1.29, 1.82) is 5.26 Å². The summed E-state index contributed by atoms with van der Waals surface area (Å²) in [5.74, 6) is 1.95. The van der Waals surface area contributed by atoms with Gasteiger partial charge < -0.3 is 18.9 Å². The molecule has 0 heterocycles. The number of rotatable bonds is 4. The van der Waals surface area contributed by atoms with E-state index in [4.69, 9.17) is 18.9 Å². The highest BCUT2D eigenvalue weighted by molar-refractivity contribution is 6.16. The third-order valence-electron chi connectivity index (χ3n) is 4.07. The molecule has 0 saturated carbocycles. The quantitative estimate of drug-likeness (QED) is 0.682. The first kappa shape index (κ1) is 15.8. The molecule has 24 heavy (non-hydrogen) atoms. The average Bonchev–Trinajstić information content (AvgIpc) is 2.64. The van der Waals surface area contributed by atoms with Crippen LogP contribution in [0.25, 0.3) is 21.5 Å². The molecule has 0 saturated heterocycles. The zero-order valence-corrected chi connectivity index (χ0v) is 14.0. The van der Waals surface area contributed by atoms with Gasteiger partial charge in [0.1, 0.15) is 0 Å². The molecule has 0 aliphatic rings. The molecule has 0 spiro atoms. The van der Waals surface area contributed by atoms with E-state index in [0.717, 1.165) is 21.5 Å². The number of nitrogens with zero attached hydrogens (tertiary/aromatic N) is 1. The zero-order valence-electron chi connectivity index (χ0n) is 14.0. The summed E-state index contributed by atoms with van der Waals surface area (Å²) < 4.78 is 22.2. The predicted octanol–water partition coefficient (Wildman–Crippen LogP) is 3.90. The Labute approximate surface area is 139 Å². The van der Waals surface area contributed by atoms with Crippen LogP contribution in [-0.2, 0) is 0 Å². The molecule has 0 atom stereocenters. The van der Waals surface area contributed by atoms with Crippen LogP contribution in [0.3, 0.4) is 0 Å². The van der Waals surface area contributed by atoms with Gasteiger partial charge in [0.2, 0.25) is 11.5 Å². The maximum absolute atomic E-state index is 9.53. The Morgan fingerprint density at radius 3 is 1.79 bits per heavy atom. The Morgan fingerprint density at radius 1 is 0.708 bits per heavy atom. The second kappa shape index (κ2) is 6.17. The van der Waals surface area contributed by atoms with Crippen molar-refractivity contribution in [3.63, 3.8) is 0 Å². The van der Waals surface area contributed by atoms with Gasteiger partial charge in [-0.1, -0.05) is 24.3 Å². The van der Waals surface area contributed by atoms with Crippen molar-refractivity contribution in [1.82, 2.24) is 0 Å². The van der Waals surface area contributed by atoms with Crippen molar-refractivity contribution in [3.05, 3.63) is 35.9 Å². The van der Waals surface area contributed by atoms with Crippen LogP contribution in [0.4, 0.5) is 0 Å². The van der Waals surface area contributed by atoms with Crippen LogP contribution in [-0.4, -0.2) is 28.4 Å². The van der Waals surface area contributed by atoms with Crippen LogP contribution >= 0.6 is 0 Å². The highest BCUT2D eigenvalue weighted by atomic mass is 16.5. The lowest BCUT2D eigenvalue weighted by molar-refractivity contribution is 0.310. The normalized spacial score (nSPS) is 10.5. The third kappa shape index (κ3) is 2.08. The summed E-state index contributed by atoms with van der Waals surface area (Å²) in [7, 11) is 6.23. The highest BCUT2D eigenvalue weighted by Gasteiger charge is 2.25. The topological polar surface area (TPSA) is 60.7 Å². The highest BCUT2D eigenvalue weighted by Crippen LogP contribution is 2.52. The summed E-state index contributed by atoms with van der Waals surface area (Å²) in [5, 5.41) is 12.8. The minimum absolute atomic E-state index is 0.434. The van der Waals surface area contributed by atoms with E-state index in [-0.39, 0.29) is 0 Å². The van der Waals surface area contributed by atoms with Crippen LogP contribution in [0.1, 0.15) is 5.56 Å². The molecule has 3 aromatic carbocycles. The number of nitriles is 1. The molecule has 0 amide bonds. The number of hydrogen-bond donors (Lipinski definition) is 0. The van der Waals surface area contributed by atoms with Gasteiger partial charge in [0.05, 0.1) is 40.1 Å². The van der Waals surface area contributed by atoms with Crippen LogP contribution in [0.2, 0.25) is 0 Å². The van der Waals surface area contributed by atoms with E-state index in [2.05, 4.69) is 6.07 Å². The summed E-state index contributed by atoms with van der Waals surface area (Å²) in [6.07, 6.45) is 0. The Hall–Kier alpha value is -3.13. The number of benzene rings is 3. The maximum atomic E-state index is 9.53. The molecule has 0 unspecified atom stereocenters. The first-order chi connectivity index (χ1) is 11.7. The monoisotopic (exact) mass is 323 g/mol. The van der Waals surface area contributed by atoms with Crippen molar-refractivity contribution >= 4 is 21.5 Å². The Bertz CT molecular complexity index is 973. The summed E-state index contributed by atoms with van der Waals surface area (Å²) in [4.78, 5) is 0. The molecular weight excluding hydrogens is 306 g/mol. The van der Waals surface area contributed by atoms with Crippen LogP contribution in [0, 0.1) is 11.3 Å². The lowest BCUT2D eigenvalue weighted by Crippen LogP contribution is -2.00. The Morgan fingerprint density at radius 2 is 1.25 bits per heavy atom. The van der Waals surface area contributed by atoms with Gasteiger partial charge in [0.15, 0.2) is 11.5 Å². The molecule has 0 aromatic heterocycles. The van der Waals surface area contributed by atoms with Crippen LogP contribution < -0.4 is 18.9 Å². The summed E-state index contributed by atoms with van der Waals surface area (Å²) in [6.45, 7) is 0. The number of methoxy groups -OCH3 is 4. The standard InChI is InChI=1S/C19H17NO4/c1-21-16-14-9-11(10-20)12-7-5-6-8-13(12)15(14)17(22-2)19(24-4)18(16)23-3/h5-9H,1-4H3. The fourth-order valence-corrected chi connectivity index (χ4v) is 3.10. The van der Waals surface area contributed by atoms with Crippen molar-refractivity contribution in [2.24, 2.45) is 0 Å². The molecular formula is C19H17NO4. The van der Waals surface area contributed by atoms with E-state index in [1.807, 2.05) is 24.3 Å². The van der Waals surface area contributed by atoms with E-state index in [9.17, 15) is 5.26 Å². The molecule has 5 heteroatoms. The van der Waals surface area contributed by atoms with Gasteiger partial charge in [-0.25, -0.2) is 0 Å². The van der Waals surface area contributed by atoms with E-state index < -0.39 is 0 Å². The van der Waals surface area contributed by atoms with Gasteiger partial charge in [-0.05, 0) is 11.5 Å².